The Balaban J connectivity index is 1.54. The molecule has 0 radical (unpaired) electrons. The third-order valence-corrected chi connectivity index (χ3v) is 6.20. The van der Waals surface area contributed by atoms with Gasteiger partial charge in [0.15, 0.2) is 0 Å². The van der Waals surface area contributed by atoms with E-state index in [-0.39, 0.29) is 18.5 Å². The standard InChI is InChI=1S/C15H25N3O3S/c1-11-2-5-17(6-3-11)8-12(19)9-18-13(20)15(16-14(18)21)4-7-22-10-15/h11-12,19H,2-10H2,1H3,(H,16,21)/t12-,15+/m0/s1. The van der Waals surface area contributed by atoms with Gasteiger partial charge in [-0.3, -0.25) is 9.69 Å². The zero-order chi connectivity index (χ0) is 15.7. The Hall–Kier alpha value is -0.790. The molecule has 6 nitrogen and oxygen atoms in total. The predicted octanol–water partition coefficient (Wildman–Crippen LogP) is 0.507. The van der Waals surface area contributed by atoms with E-state index in [0.717, 1.165) is 37.6 Å². The van der Waals surface area contributed by atoms with Gasteiger partial charge in [0, 0.05) is 12.3 Å². The second kappa shape index (κ2) is 6.37. The molecule has 0 aromatic rings. The van der Waals surface area contributed by atoms with Crippen LogP contribution in [0.25, 0.3) is 0 Å². The summed E-state index contributed by atoms with van der Waals surface area (Å²) in [7, 11) is 0. The summed E-state index contributed by atoms with van der Waals surface area (Å²) in [6.45, 7) is 4.85. The van der Waals surface area contributed by atoms with Crippen LogP contribution in [0.1, 0.15) is 26.2 Å². The topological polar surface area (TPSA) is 72.9 Å². The average Bonchev–Trinajstić information content (AvgIpc) is 3.03. The van der Waals surface area contributed by atoms with Crippen molar-refractivity contribution in [2.45, 2.75) is 37.8 Å². The molecule has 22 heavy (non-hydrogen) atoms. The maximum atomic E-state index is 12.5. The maximum absolute atomic E-state index is 12.5. The Morgan fingerprint density at radius 3 is 2.73 bits per heavy atom. The maximum Gasteiger partial charge on any atom is 0.325 e. The molecule has 0 aromatic heterocycles. The zero-order valence-electron chi connectivity index (χ0n) is 13.1. The Morgan fingerprint density at radius 2 is 2.09 bits per heavy atom. The Bertz CT molecular complexity index is 445. The predicted molar refractivity (Wildman–Crippen MR) is 85.8 cm³/mol. The number of nitrogens with zero attached hydrogens (tertiary/aromatic N) is 2. The molecule has 0 saturated carbocycles. The van der Waals surface area contributed by atoms with Crippen LogP contribution in [-0.2, 0) is 4.79 Å². The van der Waals surface area contributed by atoms with E-state index in [1.807, 2.05) is 0 Å². The summed E-state index contributed by atoms with van der Waals surface area (Å²) in [4.78, 5) is 28.0. The first-order chi connectivity index (χ1) is 10.5. The van der Waals surface area contributed by atoms with Gasteiger partial charge in [0.2, 0.25) is 0 Å². The number of thioether (sulfide) groups is 1. The normalized spacial score (nSPS) is 32.0. The first-order valence-corrected chi connectivity index (χ1v) is 9.28. The highest BCUT2D eigenvalue weighted by atomic mass is 32.2. The molecule has 0 unspecified atom stereocenters. The van der Waals surface area contributed by atoms with Gasteiger partial charge in [0.25, 0.3) is 5.91 Å². The number of rotatable bonds is 4. The van der Waals surface area contributed by atoms with Crippen molar-refractivity contribution in [3.8, 4) is 0 Å². The number of imide groups is 1. The van der Waals surface area contributed by atoms with Crippen molar-refractivity contribution in [3.63, 3.8) is 0 Å². The molecular weight excluding hydrogens is 302 g/mol. The number of piperidine rings is 1. The number of carbonyl (C=O) groups excluding carboxylic acids is 2. The minimum Gasteiger partial charge on any atom is -0.390 e. The Kier molecular flexibility index (Phi) is 4.66. The fourth-order valence-electron chi connectivity index (χ4n) is 3.49. The van der Waals surface area contributed by atoms with Crippen LogP contribution in [0.3, 0.4) is 0 Å². The number of hydrogen-bond acceptors (Lipinski definition) is 5. The highest BCUT2D eigenvalue weighted by molar-refractivity contribution is 7.99. The summed E-state index contributed by atoms with van der Waals surface area (Å²) in [5, 5.41) is 13.1. The molecule has 1 spiro atoms. The van der Waals surface area contributed by atoms with Crippen molar-refractivity contribution in [1.82, 2.24) is 15.1 Å². The van der Waals surface area contributed by atoms with Gasteiger partial charge in [-0.05, 0) is 44.0 Å². The van der Waals surface area contributed by atoms with Crippen molar-refractivity contribution in [2.24, 2.45) is 5.92 Å². The van der Waals surface area contributed by atoms with Crippen LogP contribution in [0, 0.1) is 5.92 Å². The lowest BCUT2D eigenvalue weighted by molar-refractivity contribution is -0.131. The molecule has 3 aliphatic heterocycles. The summed E-state index contributed by atoms with van der Waals surface area (Å²) < 4.78 is 0. The minimum atomic E-state index is -0.706. The van der Waals surface area contributed by atoms with Gasteiger partial charge in [-0.25, -0.2) is 4.79 Å². The molecule has 2 N–H and O–H groups in total. The molecule has 3 saturated heterocycles. The van der Waals surface area contributed by atoms with Crippen LogP contribution in [0.4, 0.5) is 4.79 Å². The van der Waals surface area contributed by atoms with E-state index in [0.29, 0.717) is 18.7 Å². The summed E-state index contributed by atoms with van der Waals surface area (Å²) in [6.07, 6.45) is 2.32. The molecule has 2 atom stereocenters. The highest BCUT2D eigenvalue weighted by Crippen LogP contribution is 2.33. The highest BCUT2D eigenvalue weighted by Gasteiger charge is 2.53. The first kappa shape index (κ1) is 16.1. The third-order valence-electron chi connectivity index (χ3n) is 5.01. The molecule has 3 aliphatic rings. The fourth-order valence-corrected chi connectivity index (χ4v) is 4.81. The SMILES string of the molecule is CC1CCN(C[C@H](O)CN2C(=O)N[C@@]3(CCSC3)C2=O)CC1. The second-order valence-electron chi connectivity index (χ2n) is 6.87. The molecule has 124 valence electrons. The van der Waals surface area contributed by atoms with Crippen LogP contribution in [0.15, 0.2) is 0 Å². The molecule has 0 aromatic carbocycles. The van der Waals surface area contributed by atoms with E-state index in [1.165, 1.54) is 4.90 Å². The van der Waals surface area contributed by atoms with Gasteiger partial charge in [-0.15, -0.1) is 0 Å². The number of carbonyl (C=O) groups is 2. The van der Waals surface area contributed by atoms with E-state index >= 15 is 0 Å². The quantitative estimate of drug-likeness (QED) is 0.736. The molecule has 3 rings (SSSR count). The van der Waals surface area contributed by atoms with Crippen LogP contribution >= 0.6 is 11.8 Å². The summed E-state index contributed by atoms with van der Waals surface area (Å²) in [5.41, 5.74) is -0.706. The Morgan fingerprint density at radius 1 is 1.36 bits per heavy atom. The van der Waals surface area contributed by atoms with Crippen molar-refractivity contribution < 1.29 is 14.7 Å². The molecule has 0 aliphatic carbocycles. The number of hydrogen-bond donors (Lipinski definition) is 2. The number of aliphatic hydroxyl groups is 1. The van der Waals surface area contributed by atoms with Crippen molar-refractivity contribution in [1.29, 1.82) is 0 Å². The van der Waals surface area contributed by atoms with Crippen molar-refractivity contribution in [3.05, 3.63) is 0 Å². The largest absolute Gasteiger partial charge is 0.390 e. The van der Waals surface area contributed by atoms with E-state index in [1.54, 1.807) is 11.8 Å². The zero-order valence-corrected chi connectivity index (χ0v) is 13.9. The third kappa shape index (κ3) is 3.12. The summed E-state index contributed by atoms with van der Waals surface area (Å²) in [5.74, 6) is 2.13. The van der Waals surface area contributed by atoms with E-state index in [9.17, 15) is 14.7 Å². The van der Waals surface area contributed by atoms with Crippen LogP contribution in [0.2, 0.25) is 0 Å². The lowest BCUT2D eigenvalue weighted by Crippen LogP contribution is -2.48. The van der Waals surface area contributed by atoms with Crippen molar-refractivity contribution in [2.75, 3.05) is 37.7 Å². The second-order valence-corrected chi connectivity index (χ2v) is 7.97. The van der Waals surface area contributed by atoms with Gasteiger partial charge in [0.1, 0.15) is 5.54 Å². The van der Waals surface area contributed by atoms with Gasteiger partial charge in [-0.2, -0.15) is 11.8 Å². The number of amides is 3. The van der Waals surface area contributed by atoms with Crippen LogP contribution < -0.4 is 5.32 Å². The Labute approximate surface area is 135 Å². The van der Waals surface area contributed by atoms with Crippen LogP contribution in [0.5, 0.6) is 0 Å². The molecule has 7 heteroatoms. The van der Waals surface area contributed by atoms with E-state index in [2.05, 4.69) is 17.1 Å². The summed E-state index contributed by atoms with van der Waals surface area (Å²) in [6, 6.07) is -0.348. The number of likely N-dealkylation sites (tertiary alicyclic amines) is 1. The van der Waals surface area contributed by atoms with Gasteiger partial charge < -0.3 is 15.3 Å². The van der Waals surface area contributed by atoms with E-state index in [4.69, 9.17) is 0 Å². The monoisotopic (exact) mass is 327 g/mol. The van der Waals surface area contributed by atoms with Gasteiger partial charge >= 0.3 is 6.03 Å². The van der Waals surface area contributed by atoms with Gasteiger partial charge in [-0.1, -0.05) is 6.92 Å². The molecule has 0 bridgehead atoms. The molecule has 3 heterocycles. The number of aliphatic hydroxyl groups excluding tert-OH is 1. The van der Waals surface area contributed by atoms with Crippen molar-refractivity contribution >= 4 is 23.7 Å². The first-order valence-electron chi connectivity index (χ1n) is 8.12. The van der Waals surface area contributed by atoms with Crippen LogP contribution in [-0.4, -0.2) is 76.2 Å². The summed E-state index contributed by atoms with van der Waals surface area (Å²) >= 11 is 1.69. The fraction of sp³-hybridized carbons (Fsp3) is 0.867. The molecule has 3 fully saturated rings. The smallest absolute Gasteiger partial charge is 0.325 e. The molecular formula is C15H25N3O3S. The lowest BCUT2D eigenvalue weighted by Gasteiger charge is -2.32. The lowest BCUT2D eigenvalue weighted by atomic mass is 9.98. The average molecular weight is 327 g/mol. The van der Waals surface area contributed by atoms with E-state index < -0.39 is 11.6 Å². The minimum absolute atomic E-state index is 0.100. The number of β-amino-alcohol motifs (C(OH)–C–C–N with tert-alkyl or cyclic N) is 1. The number of nitrogens with one attached hydrogen (secondary N) is 1. The number of urea groups is 1. The van der Waals surface area contributed by atoms with Gasteiger partial charge in [0.05, 0.1) is 12.6 Å². The molecule has 3 amide bonds.